The second-order valence-electron chi connectivity index (χ2n) is 7.46. The first-order chi connectivity index (χ1) is 14.1. The number of benzene rings is 1. The average molecular weight is 390 g/mol. The maximum Gasteiger partial charge on any atom is 0.229 e. The highest BCUT2D eigenvalue weighted by atomic mass is 16.1. The van der Waals surface area contributed by atoms with Crippen LogP contribution >= 0.6 is 0 Å². The smallest absolute Gasteiger partial charge is 0.229 e. The van der Waals surface area contributed by atoms with E-state index in [1.54, 1.807) is 13.1 Å². The summed E-state index contributed by atoms with van der Waals surface area (Å²) in [7, 11) is 0. The molecule has 1 aliphatic rings. The number of aromatic nitrogens is 3. The molecule has 1 aromatic carbocycles. The lowest BCUT2D eigenvalue weighted by molar-refractivity contribution is -0.119. The molecule has 0 radical (unpaired) electrons. The molecule has 7 heteroatoms. The highest BCUT2D eigenvalue weighted by molar-refractivity contribution is 5.82. The van der Waals surface area contributed by atoms with Crippen LogP contribution in [0.4, 0.5) is 17.5 Å². The fourth-order valence-electron chi connectivity index (χ4n) is 3.74. The van der Waals surface area contributed by atoms with E-state index >= 15 is 0 Å². The SMILES string of the molecule is CCCc1cc(N2CCC(NC(C)=O)C2)nc(Nc2ccc3ncccc3c2)n1. The summed E-state index contributed by atoms with van der Waals surface area (Å²) in [5.74, 6) is 1.51. The third kappa shape index (κ3) is 4.62. The van der Waals surface area contributed by atoms with E-state index < -0.39 is 0 Å². The first kappa shape index (κ1) is 19.1. The van der Waals surface area contributed by atoms with E-state index in [9.17, 15) is 4.79 Å². The van der Waals surface area contributed by atoms with Gasteiger partial charge in [-0.25, -0.2) is 4.98 Å². The monoisotopic (exact) mass is 390 g/mol. The molecule has 1 atom stereocenters. The predicted octanol–water partition coefficient (Wildman–Crippen LogP) is 3.44. The molecule has 4 rings (SSSR count). The second kappa shape index (κ2) is 8.43. The van der Waals surface area contributed by atoms with Gasteiger partial charge in [0.2, 0.25) is 11.9 Å². The van der Waals surface area contributed by atoms with Crippen LogP contribution in [0.25, 0.3) is 10.9 Å². The predicted molar refractivity (Wildman–Crippen MR) is 115 cm³/mol. The van der Waals surface area contributed by atoms with E-state index in [-0.39, 0.29) is 11.9 Å². The third-order valence-electron chi connectivity index (χ3n) is 5.05. The van der Waals surface area contributed by atoms with Gasteiger partial charge in [-0.15, -0.1) is 0 Å². The van der Waals surface area contributed by atoms with Crippen molar-refractivity contribution >= 4 is 34.3 Å². The lowest BCUT2D eigenvalue weighted by Crippen LogP contribution is -2.35. The first-order valence-corrected chi connectivity index (χ1v) is 10.1. The molecule has 2 aromatic heterocycles. The molecule has 0 saturated carbocycles. The molecule has 1 saturated heterocycles. The van der Waals surface area contributed by atoms with Crippen molar-refractivity contribution < 1.29 is 4.79 Å². The van der Waals surface area contributed by atoms with Gasteiger partial charge >= 0.3 is 0 Å². The van der Waals surface area contributed by atoms with Crippen LogP contribution in [0.5, 0.6) is 0 Å². The van der Waals surface area contributed by atoms with Gasteiger partial charge in [0.05, 0.1) is 5.52 Å². The van der Waals surface area contributed by atoms with E-state index in [0.29, 0.717) is 5.95 Å². The standard InChI is InChI=1S/C22H26N6O/c1-3-5-17-13-21(28-11-9-19(14-28)24-15(2)29)27-22(25-17)26-18-7-8-20-16(12-18)6-4-10-23-20/h4,6-8,10,12-13,19H,3,5,9,11,14H2,1-2H3,(H,24,29)(H,25,26,27). The topological polar surface area (TPSA) is 83.0 Å². The quantitative estimate of drug-likeness (QED) is 0.671. The third-order valence-corrected chi connectivity index (χ3v) is 5.05. The van der Waals surface area contributed by atoms with Crippen molar-refractivity contribution in [2.75, 3.05) is 23.3 Å². The minimum Gasteiger partial charge on any atom is -0.354 e. The van der Waals surface area contributed by atoms with Gasteiger partial charge in [-0.1, -0.05) is 19.4 Å². The molecule has 1 amide bonds. The normalized spacial score (nSPS) is 16.2. The van der Waals surface area contributed by atoms with Crippen LogP contribution in [-0.4, -0.2) is 40.0 Å². The number of hydrogen-bond donors (Lipinski definition) is 2. The highest BCUT2D eigenvalue weighted by Crippen LogP contribution is 2.24. The number of nitrogens with one attached hydrogen (secondary N) is 2. The summed E-state index contributed by atoms with van der Waals surface area (Å²) >= 11 is 0. The summed E-state index contributed by atoms with van der Waals surface area (Å²) in [6.07, 6.45) is 4.64. The van der Waals surface area contributed by atoms with Crippen LogP contribution < -0.4 is 15.5 Å². The molecule has 150 valence electrons. The lowest BCUT2D eigenvalue weighted by atomic mass is 10.2. The number of amides is 1. The van der Waals surface area contributed by atoms with E-state index in [4.69, 9.17) is 9.97 Å². The van der Waals surface area contributed by atoms with Crippen LogP contribution in [0.15, 0.2) is 42.6 Å². The maximum atomic E-state index is 11.4. The van der Waals surface area contributed by atoms with Crippen molar-refractivity contribution in [1.29, 1.82) is 0 Å². The Bertz CT molecular complexity index is 1020. The van der Waals surface area contributed by atoms with E-state index in [0.717, 1.165) is 60.5 Å². The van der Waals surface area contributed by atoms with Crippen molar-refractivity contribution in [3.05, 3.63) is 48.3 Å². The van der Waals surface area contributed by atoms with Crippen molar-refractivity contribution in [2.24, 2.45) is 0 Å². The molecule has 2 N–H and O–H groups in total. The van der Waals surface area contributed by atoms with Crippen LogP contribution in [0, 0.1) is 0 Å². The Morgan fingerprint density at radius 2 is 2.14 bits per heavy atom. The Kier molecular flexibility index (Phi) is 5.55. The molecule has 29 heavy (non-hydrogen) atoms. The zero-order valence-electron chi connectivity index (χ0n) is 16.9. The number of rotatable bonds is 6. The second-order valence-corrected chi connectivity index (χ2v) is 7.46. The molecule has 0 bridgehead atoms. The van der Waals surface area contributed by atoms with Crippen molar-refractivity contribution in [3.63, 3.8) is 0 Å². The summed E-state index contributed by atoms with van der Waals surface area (Å²) in [6.45, 7) is 5.35. The Morgan fingerprint density at radius 1 is 1.24 bits per heavy atom. The molecule has 1 aliphatic heterocycles. The summed E-state index contributed by atoms with van der Waals surface area (Å²) in [6, 6.07) is 12.2. The number of anilines is 3. The van der Waals surface area contributed by atoms with Gasteiger partial charge in [0.25, 0.3) is 0 Å². The van der Waals surface area contributed by atoms with Crippen molar-refractivity contribution in [1.82, 2.24) is 20.3 Å². The highest BCUT2D eigenvalue weighted by Gasteiger charge is 2.24. The Hall–Kier alpha value is -3.22. The molecule has 0 aliphatic carbocycles. The number of fused-ring (bicyclic) bond motifs is 1. The van der Waals surface area contributed by atoms with E-state index in [1.165, 1.54) is 0 Å². The largest absolute Gasteiger partial charge is 0.354 e. The molecule has 1 fully saturated rings. The Balaban J connectivity index is 1.58. The van der Waals surface area contributed by atoms with Crippen LogP contribution in [-0.2, 0) is 11.2 Å². The number of nitrogens with zero attached hydrogens (tertiary/aromatic N) is 4. The van der Waals surface area contributed by atoms with E-state index in [1.807, 2.05) is 24.3 Å². The van der Waals surface area contributed by atoms with Crippen molar-refractivity contribution in [2.45, 2.75) is 39.2 Å². The number of pyridine rings is 1. The molecular weight excluding hydrogens is 364 g/mol. The summed E-state index contributed by atoms with van der Waals surface area (Å²) in [5, 5.41) is 7.43. The van der Waals surface area contributed by atoms with Gasteiger partial charge in [0.15, 0.2) is 0 Å². The molecule has 1 unspecified atom stereocenters. The first-order valence-electron chi connectivity index (χ1n) is 10.1. The van der Waals surface area contributed by atoms with Crippen LogP contribution in [0.1, 0.15) is 32.4 Å². The van der Waals surface area contributed by atoms with E-state index in [2.05, 4.69) is 39.6 Å². The van der Waals surface area contributed by atoms with Gasteiger partial charge in [-0.3, -0.25) is 9.78 Å². The Morgan fingerprint density at radius 3 is 2.97 bits per heavy atom. The molecule has 3 aromatic rings. The summed E-state index contributed by atoms with van der Waals surface area (Å²) < 4.78 is 0. The number of carbonyl (C=O) groups excluding carboxylic acids is 1. The fraction of sp³-hybridized carbons (Fsp3) is 0.364. The molecular formula is C22H26N6O. The zero-order chi connectivity index (χ0) is 20.2. The molecule has 0 spiro atoms. The Labute approximate surface area is 170 Å². The van der Waals surface area contributed by atoms with Crippen molar-refractivity contribution in [3.8, 4) is 0 Å². The van der Waals surface area contributed by atoms with Gasteiger partial charge in [0, 0.05) is 55.1 Å². The minimum atomic E-state index is 0.0133. The molecule has 3 heterocycles. The minimum absolute atomic E-state index is 0.0133. The number of aryl methyl sites for hydroxylation is 1. The summed E-state index contributed by atoms with van der Waals surface area (Å²) in [4.78, 5) is 27.4. The van der Waals surface area contributed by atoms with Crippen LogP contribution in [0.3, 0.4) is 0 Å². The average Bonchev–Trinajstić information content (AvgIpc) is 3.16. The van der Waals surface area contributed by atoms with Gasteiger partial charge in [0.1, 0.15) is 5.82 Å². The lowest BCUT2D eigenvalue weighted by Gasteiger charge is -2.19. The van der Waals surface area contributed by atoms with Gasteiger partial charge < -0.3 is 15.5 Å². The van der Waals surface area contributed by atoms with Crippen LogP contribution in [0.2, 0.25) is 0 Å². The zero-order valence-corrected chi connectivity index (χ0v) is 16.9. The fourth-order valence-corrected chi connectivity index (χ4v) is 3.74. The number of hydrogen-bond acceptors (Lipinski definition) is 6. The van der Waals surface area contributed by atoms with Gasteiger partial charge in [-0.05, 0) is 37.1 Å². The van der Waals surface area contributed by atoms with Gasteiger partial charge in [-0.2, -0.15) is 4.98 Å². The number of carbonyl (C=O) groups is 1. The molecule has 7 nitrogen and oxygen atoms in total. The summed E-state index contributed by atoms with van der Waals surface area (Å²) in [5.41, 5.74) is 2.91. The maximum absolute atomic E-state index is 11.4.